The van der Waals surface area contributed by atoms with Crippen LogP contribution in [0.25, 0.3) is 5.70 Å². The van der Waals surface area contributed by atoms with Crippen molar-refractivity contribution in [1.82, 2.24) is 4.90 Å². The molecule has 0 atom stereocenters. The lowest BCUT2D eigenvalue weighted by Gasteiger charge is -2.21. The molecule has 4 nitrogen and oxygen atoms in total. The Morgan fingerprint density at radius 2 is 2.22 bits per heavy atom. The zero-order valence-electron chi connectivity index (χ0n) is 9.52. The molecule has 0 aromatic heterocycles. The van der Waals surface area contributed by atoms with Crippen molar-refractivity contribution in [2.45, 2.75) is 6.92 Å². The van der Waals surface area contributed by atoms with E-state index in [1.807, 2.05) is 6.07 Å². The second-order valence-corrected chi connectivity index (χ2v) is 4.15. The van der Waals surface area contributed by atoms with Crippen molar-refractivity contribution in [2.75, 3.05) is 6.54 Å². The van der Waals surface area contributed by atoms with Crippen LogP contribution < -0.4 is 0 Å². The molecule has 1 aromatic rings. The average molecular weight is 285 g/mol. The van der Waals surface area contributed by atoms with Gasteiger partial charge in [0.15, 0.2) is 0 Å². The van der Waals surface area contributed by atoms with E-state index in [-0.39, 0.29) is 12.2 Å². The van der Waals surface area contributed by atoms with Crippen LogP contribution in [0, 0.1) is 11.3 Å². The summed E-state index contributed by atoms with van der Waals surface area (Å²) in [4.78, 5) is 12.1. The number of carboxylic acid groups (broad SMARTS) is 1. The van der Waals surface area contributed by atoms with Crippen LogP contribution in [0.3, 0.4) is 0 Å². The van der Waals surface area contributed by atoms with Crippen LogP contribution in [0.4, 0.5) is 4.79 Å². The minimum Gasteiger partial charge on any atom is -0.465 e. The SMILES string of the molecule is CCN(C(=O)O)/C(=C/C#N)c1ccc(Cl)cc1Cl. The maximum Gasteiger partial charge on any atom is 0.411 e. The highest BCUT2D eigenvalue weighted by Crippen LogP contribution is 2.29. The number of nitriles is 1. The zero-order chi connectivity index (χ0) is 13.7. The third-order valence-electron chi connectivity index (χ3n) is 2.25. The number of amides is 1. The molecule has 0 aliphatic rings. The predicted molar refractivity (Wildman–Crippen MR) is 70.5 cm³/mol. The highest BCUT2D eigenvalue weighted by atomic mass is 35.5. The summed E-state index contributed by atoms with van der Waals surface area (Å²) < 4.78 is 0. The summed E-state index contributed by atoms with van der Waals surface area (Å²) >= 11 is 11.8. The van der Waals surface area contributed by atoms with Gasteiger partial charge in [-0.05, 0) is 25.1 Å². The van der Waals surface area contributed by atoms with Gasteiger partial charge in [-0.15, -0.1) is 0 Å². The molecule has 0 saturated heterocycles. The first-order chi connectivity index (χ1) is 8.51. The van der Waals surface area contributed by atoms with Crippen LogP contribution in [0.15, 0.2) is 24.3 Å². The topological polar surface area (TPSA) is 64.3 Å². The quantitative estimate of drug-likeness (QED) is 0.857. The number of rotatable bonds is 3. The molecule has 0 heterocycles. The summed E-state index contributed by atoms with van der Waals surface area (Å²) in [7, 11) is 0. The van der Waals surface area contributed by atoms with Crippen molar-refractivity contribution in [1.29, 1.82) is 5.26 Å². The Bertz CT molecular complexity index is 535. The van der Waals surface area contributed by atoms with E-state index in [1.54, 1.807) is 19.1 Å². The van der Waals surface area contributed by atoms with E-state index < -0.39 is 6.09 Å². The third-order valence-corrected chi connectivity index (χ3v) is 2.79. The van der Waals surface area contributed by atoms with Crippen LogP contribution in [-0.2, 0) is 0 Å². The van der Waals surface area contributed by atoms with E-state index in [4.69, 9.17) is 33.6 Å². The van der Waals surface area contributed by atoms with Crippen molar-refractivity contribution in [3.8, 4) is 6.07 Å². The fraction of sp³-hybridized carbons (Fsp3) is 0.167. The van der Waals surface area contributed by atoms with Gasteiger partial charge < -0.3 is 5.11 Å². The molecule has 0 aliphatic heterocycles. The fourth-order valence-electron chi connectivity index (χ4n) is 1.47. The van der Waals surface area contributed by atoms with Gasteiger partial charge >= 0.3 is 6.09 Å². The van der Waals surface area contributed by atoms with E-state index in [9.17, 15) is 4.79 Å². The van der Waals surface area contributed by atoms with Gasteiger partial charge in [0, 0.05) is 23.2 Å². The first-order valence-corrected chi connectivity index (χ1v) is 5.82. The Labute approximate surface area is 115 Å². The Balaban J connectivity index is 3.34. The number of nitrogens with zero attached hydrogens (tertiary/aromatic N) is 2. The van der Waals surface area contributed by atoms with Crippen molar-refractivity contribution < 1.29 is 9.90 Å². The molecule has 0 saturated carbocycles. The van der Waals surface area contributed by atoms with Crippen molar-refractivity contribution in [2.24, 2.45) is 0 Å². The first-order valence-electron chi connectivity index (χ1n) is 5.07. The Kier molecular flexibility index (Phi) is 5.02. The molecular formula is C12H10Cl2N2O2. The number of halogens is 2. The smallest absolute Gasteiger partial charge is 0.411 e. The average Bonchev–Trinajstić information content (AvgIpc) is 2.28. The lowest BCUT2D eigenvalue weighted by Crippen LogP contribution is -2.27. The van der Waals surface area contributed by atoms with Gasteiger partial charge in [-0.3, -0.25) is 4.90 Å². The van der Waals surface area contributed by atoms with Crippen LogP contribution in [0.2, 0.25) is 10.0 Å². The summed E-state index contributed by atoms with van der Waals surface area (Å²) in [6.07, 6.45) is -0.00256. The number of hydrogen-bond donors (Lipinski definition) is 1. The summed E-state index contributed by atoms with van der Waals surface area (Å²) in [5, 5.41) is 18.6. The Morgan fingerprint density at radius 3 is 2.67 bits per heavy atom. The number of allylic oxidation sites excluding steroid dienone is 1. The molecule has 1 rings (SSSR count). The molecule has 6 heteroatoms. The van der Waals surface area contributed by atoms with Gasteiger partial charge in [0.25, 0.3) is 0 Å². The fourth-order valence-corrected chi connectivity index (χ4v) is 1.97. The third kappa shape index (κ3) is 3.16. The molecular weight excluding hydrogens is 275 g/mol. The largest absolute Gasteiger partial charge is 0.465 e. The second kappa shape index (κ2) is 6.29. The van der Waals surface area contributed by atoms with Gasteiger partial charge in [-0.25, -0.2) is 4.79 Å². The molecule has 0 bridgehead atoms. The Hall–Kier alpha value is -1.70. The first kappa shape index (κ1) is 14.4. The number of carbonyl (C=O) groups is 1. The summed E-state index contributed by atoms with van der Waals surface area (Å²) in [5.74, 6) is 0. The van der Waals surface area contributed by atoms with Crippen LogP contribution in [0.1, 0.15) is 12.5 Å². The van der Waals surface area contributed by atoms with Crippen LogP contribution in [0.5, 0.6) is 0 Å². The number of hydrogen-bond acceptors (Lipinski definition) is 2. The predicted octanol–water partition coefficient (Wildman–Crippen LogP) is 3.86. The van der Waals surface area contributed by atoms with E-state index in [2.05, 4.69) is 0 Å². The van der Waals surface area contributed by atoms with E-state index in [1.165, 1.54) is 6.07 Å². The molecule has 1 N–H and O–H groups in total. The highest BCUT2D eigenvalue weighted by Gasteiger charge is 2.18. The lowest BCUT2D eigenvalue weighted by molar-refractivity contribution is 0.168. The van der Waals surface area contributed by atoms with E-state index in [0.29, 0.717) is 15.6 Å². The minimum absolute atomic E-state index is 0.210. The van der Waals surface area contributed by atoms with Crippen molar-refractivity contribution >= 4 is 35.0 Å². The van der Waals surface area contributed by atoms with E-state index in [0.717, 1.165) is 11.0 Å². The van der Waals surface area contributed by atoms with Crippen LogP contribution in [-0.4, -0.2) is 22.6 Å². The molecule has 1 amide bonds. The lowest BCUT2D eigenvalue weighted by atomic mass is 10.1. The summed E-state index contributed by atoms with van der Waals surface area (Å²) in [6.45, 7) is 1.88. The van der Waals surface area contributed by atoms with Gasteiger partial charge in [0.05, 0.1) is 16.8 Å². The van der Waals surface area contributed by atoms with Crippen LogP contribution >= 0.6 is 23.2 Å². The van der Waals surface area contributed by atoms with Gasteiger partial charge in [-0.2, -0.15) is 5.26 Å². The highest BCUT2D eigenvalue weighted by molar-refractivity contribution is 6.35. The maximum absolute atomic E-state index is 11.1. The molecule has 0 fully saturated rings. The molecule has 0 spiro atoms. The summed E-state index contributed by atoms with van der Waals surface area (Å²) in [6, 6.07) is 6.49. The number of benzene rings is 1. The minimum atomic E-state index is -1.15. The normalized spacial score (nSPS) is 10.9. The standard InChI is InChI=1S/C12H10Cl2N2O2/c1-2-16(12(17)18)11(5-6-15)9-4-3-8(13)7-10(9)14/h3-5,7H,2H2,1H3,(H,17,18)/b11-5+. The van der Waals surface area contributed by atoms with Gasteiger partial charge in [0.2, 0.25) is 0 Å². The monoisotopic (exact) mass is 284 g/mol. The van der Waals surface area contributed by atoms with E-state index >= 15 is 0 Å². The van der Waals surface area contributed by atoms with Crippen molar-refractivity contribution in [3.05, 3.63) is 39.9 Å². The van der Waals surface area contributed by atoms with Gasteiger partial charge in [-0.1, -0.05) is 23.2 Å². The Morgan fingerprint density at radius 1 is 1.56 bits per heavy atom. The molecule has 94 valence electrons. The molecule has 0 unspecified atom stereocenters. The van der Waals surface area contributed by atoms with Gasteiger partial charge in [0.1, 0.15) is 0 Å². The summed E-state index contributed by atoms with van der Waals surface area (Å²) in [5.41, 5.74) is 0.682. The zero-order valence-corrected chi connectivity index (χ0v) is 11.0. The maximum atomic E-state index is 11.1. The van der Waals surface area contributed by atoms with Crippen molar-refractivity contribution in [3.63, 3.8) is 0 Å². The second-order valence-electron chi connectivity index (χ2n) is 3.31. The molecule has 18 heavy (non-hydrogen) atoms. The molecule has 0 aliphatic carbocycles. The molecule has 0 radical (unpaired) electrons. The molecule has 1 aromatic carbocycles.